The third-order valence-corrected chi connectivity index (χ3v) is 2.70. The van der Waals surface area contributed by atoms with Gasteiger partial charge in [-0.3, -0.25) is 4.90 Å². The van der Waals surface area contributed by atoms with Crippen molar-refractivity contribution in [2.45, 2.75) is 13.1 Å². The van der Waals surface area contributed by atoms with E-state index in [0.717, 1.165) is 18.8 Å². The predicted molar refractivity (Wildman–Crippen MR) is 72.5 cm³/mol. The molecular weight excluding hydrogens is 208 g/mol. The lowest BCUT2D eigenvalue weighted by Crippen LogP contribution is -2.17. The molecule has 2 heteroatoms. The van der Waals surface area contributed by atoms with Crippen LogP contribution >= 0.6 is 0 Å². The third kappa shape index (κ3) is 3.61. The summed E-state index contributed by atoms with van der Waals surface area (Å²) in [5.74, 6) is 0. The molecule has 0 radical (unpaired) electrons. The standard InChI is InChI=1S/C15H18N2/c1-17(11-13-6-3-2-4-7-13)12-14-8-5-9-15(16)10-14/h2-10H,11-12,16H2,1H3. The summed E-state index contributed by atoms with van der Waals surface area (Å²) in [7, 11) is 2.12. The van der Waals surface area contributed by atoms with Crippen LogP contribution in [-0.4, -0.2) is 11.9 Å². The lowest BCUT2D eigenvalue weighted by Gasteiger charge is -2.17. The molecule has 17 heavy (non-hydrogen) atoms. The van der Waals surface area contributed by atoms with Crippen molar-refractivity contribution in [2.75, 3.05) is 12.8 Å². The van der Waals surface area contributed by atoms with E-state index in [2.05, 4.69) is 42.3 Å². The average Bonchev–Trinajstić information content (AvgIpc) is 2.30. The van der Waals surface area contributed by atoms with Gasteiger partial charge in [0.15, 0.2) is 0 Å². The van der Waals surface area contributed by atoms with E-state index >= 15 is 0 Å². The van der Waals surface area contributed by atoms with Crippen molar-refractivity contribution in [1.29, 1.82) is 0 Å². The summed E-state index contributed by atoms with van der Waals surface area (Å²) in [6, 6.07) is 18.5. The zero-order valence-corrected chi connectivity index (χ0v) is 10.1. The van der Waals surface area contributed by atoms with Crippen LogP contribution in [0.2, 0.25) is 0 Å². The number of hydrogen-bond acceptors (Lipinski definition) is 2. The Morgan fingerprint density at radius 2 is 1.53 bits per heavy atom. The molecule has 0 bridgehead atoms. The molecule has 2 rings (SSSR count). The molecule has 0 saturated heterocycles. The lowest BCUT2D eigenvalue weighted by atomic mass is 10.1. The first-order chi connectivity index (χ1) is 8.24. The van der Waals surface area contributed by atoms with Gasteiger partial charge >= 0.3 is 0 Å². The van der Waals surface area contributed by atoms with Gasteiger partial charge in [0, 0.05) is 18.8 Å². The molecule has 0 saturated carbocycles. The Bertz CT molecular complexity index is 465. The Kier molecular flexibility index (Phi) is 3.78. The number of nitrogens with zero attached hydrogens (tertiary/aromatic N) is 1. The van der Waals surface area contributed by atoms with Gasteiger partial charge in [-0.2, -0.15) is 0 Å². The van der Waals surface area contributed by atoms with Gasteiger partial charge in [-0.15, -0.1) is 0 Å². The van der Waals surface area contributed by atoms with E-state index in [1.165, 1.54) is 11.1 Å². The van der Waals surface area contributed by atoms with E-state index in [-0.39, 0.29) is 0 Å². The van der Waals surface area contributed by atoms with Crippen LogP contribution < -0.4 is 5.73 Å². The fourth-order valence-corrected chi connectivity index (χ4v) is 1.95. The first-order valence-corrected chi connectivity index (χ1v) is 5.81. The van der Waals surface area contributed by atoms with Crippen LogP contribution in [0.1, 0.15) is 11.1 Å². The minimum absolute atomic E-state index is 0.829. The highest BCUT2D eigenvalue weighted by Gasteiger charge is 2.01. The van der Waals surface area contributed by atoms with Crippen LogP contribution in [0.3, 0.4) is 0 Å². The second kappa shape index (κ2) is 5.51. The molecule has 2 nitrogen and oxygen atoms in total. The quantitative estimate of drug-likeness (QED) is 0.812. The van der Waals surface area contributed by atoms with Crippen LogP contribution in [0.4, 0.5) is 5.69 Å². The van der Waals surface area contributed by atoms with Crippen LogP contribution in [0.25, 0.3) is 0 Å². The maximum absolute atomic E-state index is 5.77. The van der Waals surface area contributed by atoms with Crippen molar-refractivity contribution in [2.24, 2.45) is 0 Å². The Morgan fingerprint density at radius 1 is 0.882 bits per heavy atom. The summed E-state index contributed by atoms with van der Waals surface area (Å²) >= 11 is 0. The Morgan fingerprint density at radius 3 is 2.24 bits per heavy atom. The zero-order valence-electron chi connectivity index (χ0n) is 10.1. The fraction of sp³-hybridized carbons (Fsp3) is 0.200. The Balaban J connectivity index is 1.96. The fourth-order valence-electron chi connectivity index (χ4n) is 1.95. The van der Waals surface area contributed by atoms with Gasteiger partial charge < -0.3 is 5.73 Å². The van der Waals surface area contributed by atoms with Crippen molar-refractivity contribution in [3.8, 4) is 0 Å². The summed E-state index contributed by atoms with van der Waals surface area (Å²) in [5, 5.41) is 0. The minimum Gasteiger partial charge on any atom is -0.399 e. The predicted octanol–water partition coefficient (Wildman–Crippen LogP) is 2.90. The topological polar surface area (TPSA) is 29.3 Å². The molecule has 2 N–H and O–H groups in total. The van der Waals surface area contributed by atoms with Crippen LogP contribution in [0.15, 0.2) is 54.6 Å². The van der Waals surface area contributed by atoms with Crippen LogP contribution in [0.5, 0.6) is 0 Å². The molecule has 0 spiro atoms. The van der Waals surface area contributed by atoms with Gasteiger partial charge in [0.1, 0.15) is 0 Å². The van der Waals surface area contributed by atoms with Gasteiger partial charge in [0.2, 0.25) is 0 Å². The number of rotatable bonds is 4. The molecular formula is C15H18N2. The number of nitrogens with two attached hydrogens (primary N) is 1. The maximum atomic E-state index is 5.77. The van der Waals surface area contributed by atoms with E-state index in [1.54, 1.807) is 0 Å². The first kappa shape index (κ1) is 11.7. The molecule has 0 aliphatic rings. The highest BCUT2D eigenvalue weighted by molar-refractivity contribution is 5.40. The molecule has 0 heterocycles. The highest BCUT2D eigenvalue weighted by atomic mass is 15.1. The Labute approximate surface area is 103 Å². The molecule has 2 aromatic rings. The van der Waals surface area contributed by atoms with Crippen molar-refractivity contribution in [3.63, 3.8) is 0 Å². The number of anilines is 1. The molecule has 0 amide bonds. The second-order valence-corrected chi connectivity index (χ2v) is 4.40. The molecule has 0 aromatic heterocycles. The van der Waals surface area contributed by atoms with Crippen molar-refractivity contribution < 1.29 is 0 Å². The molecule has 2 aromatic carbocycles. The number of hydrogen-bond donors (Lipinski definition) is 1. The van der Waals surface area contributed by atoms with E-state index in [9.17, 15) is 0 Å². The highest BCUT2D eigenvalue weighted by Crippen LogP contribution is 2.10. The van der Waals surface area contributed by atoms with Crippen LogP contribution in [-0.2, 0) is 13.1 Å². The molecule has 0 aliphatic heterocycles. The molecule has 0 aliphatic carbocycles. The molecule has 0 unspecified atom stereocenters. The van der Waals surface area contributed by atoms with E-state index in [1.807, 2.05) is 24.3 Å². The van der Waals surface area contributed by atoms with Crippen molar-refractivity contribution in [3.05, 3.63) is 65.7 Å². The molecule has 0 atom stereocenters. The minimum atomic E-state index is 0.829. The monoisotopic (exact) mass is 226 g/mol. The summed E-state index contributed by atoms with van der Waals surface area (Å²) < 4.78 is 0. The van der Waals surface area contributed by atoms with Gasteiger partial charge in [-0.1, -0.05) is 42.5 Å². The van der Waals surface area contributed by atoms with Crippen LogP contribution in [0, 0.1) is 0 Å². The SMILES string of the molecule is CN(Cc1ccccc1)Cc1cccc(N)c1. The summed E-state index contributed by atoms with van der Waals surface area (Å²) in [6.45, 7) is 1.87. The molecule has 88 valence electrons. The second-order valence-electron chi connectivity index (χ2n) is 4.40. The van der Waals surface area contributed by atoms with E-state index < -0.39 is 0 Å². The maximum Gasteiger partial charge on any atom is 0.0317 e. The summed E-state index contributed by atoms with van der Waals surface area (Å²) in [5.41, 5.74) is 9.18. The number of benzene rings is 2. The smallest absolute Gasteiger partial charge is 0.0317 e. The summed E-state index contributed by atoms with van der Waals surface area (Å²) in [6.07, 6.45) is 0. The van der Waals surface area contributed by atoms with Gasteiger partial charge in [0.05, 0.1) is 0 Å². The normalized spacial score (nSPS) is 10.7. The van der Waals surface area contributed by atoms with Crippen molar-refractivity contribution >= 4 is 5.69 Å². The van der Waals surface area contributed by atoms with Gasteiger partial charge in [-0.05, 0) is 30.3 Å². The molecule has 0 fully saturated rings. The van der Waals surface area contributed by atoms with Gasteiger partial charge in [-0.25, -0.2) is 0 Å². The lowest BCUT2D eigenvalue weighted by molar-refractivity contribution is 0.319. The number of nitrogen functional groups attached to an aromatic ring is 1. The first-order valence-electron chi connectivity index (χ1n) is 5.81. The largest absolute Gasteiger partial charge is 0.399 e. The Hall–Kier alpha value is -1.80. The average molecular weight is 226 g/mol. The third-order valence-electron chi connectivity index (χ3n) is 2.70. The van der Waals surface area contributed by atoms with E-state index in [4.69, 9.17) is 5.73 Å². The van der Waals surface area contributed by atoms with Gasteiger partial charge in [0.25, 0.3) is 0 Å². The zero-order chi connectivity index (χ0) is 12.1. The summed E-state index contributed by atoms with van der Waals surface area (Å²) in [4.78, 5) is 2.28. The van der Waals surface area contributed by atoms with E-state index in [0.29, 0.717) is 0 Å². The van der Waals surface area contributed by atoms with Crippen molar-refractivity contribution in [1.82, 2.24) is 4.90 Å².